The van der Waals surface area contributed by atoms with Crippen molar-refractivity contribution in [2.45, 2.75) is 57.7 Å². The molecule has 5 aromatic rings. The number of nitrogens with one attached hydrogen (secondary N) is 2. The monoisotopic (exact) mass is 643 g/mol. The zero-order chi connectivity index (χ0) is 33.6. The summed E-state index contributed by atoms with van der Waals surface area (Å²) in [5.74, 6) is 0.980. The number of hydrogen-bond acceptors (Lipinski definition) is 6. The summed E-state index contributed by atoms with van der Waals surface area (Å²) in [6.45, 7) is 6.47. The summed E-state index contributed by atoms with van der Waals surface area (Å²) in [6, 6.07) is 22.5. The van der Waals surface area contributed by atoms with Gasteiger partial charge in [-0.2, -0.15) is 5.26 Å². The molecular formula is C37H37N7O4. The Balaban J connectivity index is 1.06. The van der Waals surface area contributed by atoms with Crippen LogP contribution in [0.3, 0.4) is 0 Å². The minimum absolute atomic E-state index is 0.134. The van der Waals surface area contributed by atoms with Gasteiger partial charge in [-0.05, 0) is 79.6 Å². The Hall–Kier alpha value is -5.63. The van der Waals surface area contributed by atoms with Gasteiger partial charge in [0.15, 0.2) is 0 Å². The van der Waals surface area contributed by atoms with Gasteiger partial charge in [0.05, 0.1) is 47.9 Å². The molecule has 7 rings (SSSR count). The topological polar surface area (TPSA) is 151 Å². The maximum Gasteiger partial charge on any atom is 0.410 e. The van der Waals surface area contributed by atoms with E-state index in [1.807, 2.05) is 39.1 Å². The maximum atomic E-state index is 12.8. The van der Waals surface area contributed by atoms with Gasteiger partial charge >= 0.3 is 12.2 Å². The first-order valence-electron chi connectivity index (χ1n) is 16.2. The predicted molar refractivity (Wildman–Crippen MR) is 181 cm³/mol. The van der Waals surface area contributed by atoms with E-state index < -0.39 is 17.7 Å². The Morgan fingerprint density at radius 3 is 2.08 bits per heavy atom. The second-order valence-corrected chi connectivity index (χ2v) is 13.6. The van der Waals surface area contributed by atoms with Gasteiger partial charge in [-0.1, -0.05) is 48.5 Å². The molecule has 2 saturated heterocycles. The summed E-state index contributed by atoms with van der Waals surface area (Å²) in [6.07, 6.45) is 4.37. The number of fused-ring (bicyclic) bond motifs is 1. The Morgan fingerprint density at radius 1 is 0.854 bits per heavy atom. The minimum Gasteiger partial charge on any atom is -0.465 e. The number of carbonyl (C=O) groups excluding carboxylic acids is 1. The third-order valence-electron chi connectivity index (χ3n) is 9.11. The number of carbonyl (C=O) groups is 2. The predicted octanol–water partition coefficient (Wildman–Crippen LogP) is 7.92. The molecule has 2 aliphatic heterocycles. The molecule has 3 aromatic carbocycles. The molecule has 0 radical (unpaired) electrons. The molecule has 3 atom stereocenters. The number of benzene rings is 3. The van der Waals surface area contributed by atoms with Crippen LogP contribution in [0.1, 0.15) is 63.8 Å². The number of rotatable bonds is 5. The highest BCUT2D eigenvalue weighted by Crippen LogP contribution is 2.36. The highest BCUT2D eigenvalue weighted by atomic mass is 16.6. The number of aromatic amines is 2. The summed E-state index contributed by atoms with van der Waals surface area (Å²) in [4.78, 5) is 43.4. The fraction of sp³-hybridized carbons (Fsp3) is 0.324. The van der Waals surface area contributed by atoms with Gasteiger partial charge in [0.1, 0.15) is 17.2 Å². The lowest BCUT2D eigenvalue weighted by atomic mass is 9.98. The molecule has 11 heteroatoms. The molecule has 0 spiro atoms. The molecule has 3 unspecified atom stereocenters. The number of amides is 2. The van der Waals surface area contributed by atoms with Crippen LogP contribution in [0.5, 0.6) is 0 Å². The number of imidazole rings is 2. The molecule has 4 heterocycles. The number of likely N-dealkylation sites (tertiary alicyclic amines) is 2. The third kappa shape index (κ3) is 6.09. The van der Waals surface area contributed by atoms with Gasteiger partial charge in [-0.15, -0.1) is 0 Å². The molecule has 3 N–H and O–H groups in total. The summed E-state index contributed by atoms with van der Waals surface area (Å²) < 4.78 is 5.63. The van der Waals surface area contributed by atoms with E-state index in [0.717, 1.165) is 63.1 Å². The van der Waals surface area contributed by atoms with Crippen LogP contribution in [-0.4, -0.2) is 65.7 Å². The van der Waals surface area contributed by atoms with Gasteiger partial charge in [0, 0.05) is 18.7 Å². The van der Waals surface area contributed by atoms with Gasteiger partial charge in [0.2, 0.25) is 0 Å². The Morgan fingerprint density at radius 2 is 1.44 bits per heavy atom. The van der Waals surface area contributed by atoms with Gasteiger partial charge in [0.25, 0.3) is 0 Å². The smallest absolute Gasteiger partial charge is 0.410 e. The highest BCUT2D eigenvalue weighted by molar-refractivity contribution is 5.90. The van der Waals surface area contributed by atoms with E-state index >= 15 is 0 Å². The molecular weight excluding hydrogens is 606 g/mol. The molecule has 48 heavy (non-hydrogen) atoms. The molecule has 11 nitrogen and oxygen atoms in total. The fourth-order valence-electron chi connectivity index (χ4n) is 6.73. The molecule has 0 aliphatic carbocycles. The number of ether oxygens (including phenoxy) is 1. The van der Waals surface area contributed by atoms with E-state index in [9.17, 15) is 20.0 Å². The lowest BCUT2D eigenvalue weighted by molar-refractivity contribution is 0.0218. The van der Waals surface area contributed by atoms with Gasteiger partial charge in [-0.25, -0.2) is 19.6 Å². The van der Waals surface area contributed by atoms with Crippen molar-refractivity contribution in [3.8, 4) is 39.7 Å². The number of hydrogen-bond donors (Lipinski definition) is 3. The van der Waals surface area contributed by atoms with Crippen molar-refractivity contribution in [2.75, 3.05) is 13.1 Å². The van der Waals surface area contributed by atoms with Crippen LogP contribution < -0.4 is 0 Å². The van der Waals surface area contributed by atoms with E-state index in [1.54, 1.807) is 11.1 Å². The van der Waals surface area contributed by atoms with Crippen LogP contribution >= 0.6 is 0 Å². The highest BCUT2D eigenvalue weighted by Gasteiger charge is 2.38. The second kappa shape index (κ2) is 12.2. The first-order chi connectivity index (χ1) is 23.1. The molecule has 2 aliphatic rings. The average Bonchev–Trinajstić information content (AvgIpc) is 3.89. The summed E-state index contributed by atoms with van der Waals surface area (Å²) in [7, 11) is 0. The van der Waals surface area contributed by atoms with E-state index in [2.05, 4.69) is 74.5 Å². The molecule has 2 fully saturated rings. The quantitative estimate of drug-likeness (QED) is 0.176. The van der Waals surface area contributed by atoms with Crippen LogP contribution in [-0.2, 0) is 4.74 Å². The van der Waals surface area contributed by atoms with Crippen molar-refractivity contribution < 1.29 is 19.4 Å². The van der Waals surface area contributed by atoms with Crippen molar-refractivity contribution in [3.05, 3.63) is 84.7 Å². The third-order valence-corrected chi connectivity index (χ3v) is 9.11. The van der Waals surface area contributed by atoms with Crippen LogP contribution in [0.2, 0.25) is 0 Å². The largest absolute Gasteiger partial charge is 0.465 e. The number of aromatic nitrogens is 4. The van der Waals surface area contributed by atoms with E-state index in [1.165, 1.54) is 4.90 Å². The number of nitrogens with zero attached hydrogens (tertiary/aromatic N) is 5. The molecule has 2 amide bonds. The van der Waals surface area contributed by atoms with Crippen molar-refractivity contribution in [1.82, 2.24) is 29.7 Å². The molecule has 0 saturated carbocycles. The standard InChI is InChI=1S/C37H37N7O4/c1-37(2,3)48-36(47)43-14-4-5-31(43)33-39-20-30(42-33)28-13-12-26-16-25(10-11-27(26)17-28)23-6-8-24(9-7-23)29-19-40-34(41-29)32-15-22(18-38)21-44(32)35(45)46/h6-13,16-17,19-20,22,31-32H,4-5,14-15,21H2,1-3H3,(H,39,42)(H,40,41)(H,45,46). The fourth-order valence-corrected chi connectivity index (χ4v) is 6.73. The lowest BCUT2D eigenvalue weighted by Gasteiger charge is -2.27. The SMILES string of the molecule is CC(C)(C)OC(=O)N1CCCC1c1ncc(-c2ccc3cc(-c4ccc(-c5cnc(C6CC(C#N)CN6C(=O)O)[nH]5)cc4)ccc3c2)[nH]1. The number of H-pyrrole nitrogens is 2. The molecule has 0 bridgehead atoms. The molecule has 244 valence electrons. The first kappa shape index (κ1) is 31.0. The average molecular weight is 644 g/mol. The van der Waals surface area contributed by atoms with Crippen LogP contribution in [0.15, 0.2) is 73.1 Å². The van der Waals surface area contributed by atoms with Gasteiger partial charge < -0.3 is 19.8 Å². The first-order valence-corrected chi connectivity index (χ1v) is 16.2. The zero-order valence-corrected chi connectivity index (χ0v) is 27.1. The Bertz CT molecular complexity index is 2030. The Kier molecular flexibility index (Phi) is 7.87. The molecule has 2 aromatic heterocycles. The van der Waals surface area contributed by atoms with E-state index in [0.29, 0.717) is 18.8 Å². The summed E-state index contributed by atoms with van der Waals surface area (Å²) >= 11 is 0. The van der Waals surface area contributed by atoms with Crippen molar-refractivity contribution in [3.63, 3.8) is 0 Å². The second-order valence-electron chi connectivity index (χ2n) is 13.6. The van der Waals surface area contributed by atoms with E-state index in [4.69, 9.17) is 4.74 Å². The summed E-state index contributed by atoms with van der Waals surface area (Å²) in [5.41, 5.74) is 5.26. The number of carboxylic acid groups (broad SMARTS) is 1. The van der Waals surface area contributed by atoms with Crippen molar-refractivity contribution in [1.29, 1.82) is 5.26 Å². The van der Waals surface area contributed by atoms with Gasteiger partial charge in [-0.3, -0.25) is 9.80 Å². The van der Waals surface area contributed by atoms with E-state index in [-0.39, 0.29) is 24.6 Å². The van der Waals surface area contributed by atoms with Crippen LogP contribution in [0, 0.1) is 17.2 Å². The van der Waals surface area contributed by atoms with Crippen LogP contribution in [0.25, 0.3) is 44.4 Å². The zero-order valence-electron chi connectivity index (χ0n) is 27.1. The lowest BCUT2D eigenvalue weighted by Crippen LogP contribution is -2.36. The number of nitriles is 1. The van der Waals surface area contributed by atoms with Crippen molar-refractivity contribution >= 4 is 23.0 Å². The van der Waals surface area contributed by atoms with Crippen LogP contribution in [0.4, 0.5) is 9.59 Å². The minimum atomic E-state index is -1.05. The normalized spacial score (nSPS) is 19.5. The Labute approximate surface area is 278 Å². The summed E-state index contributed by atoms with van der Waals surface area (Å²) in [5, 5.41) is 21.1. The van der Waals surface area contributed by atoms with Crippen molar-refractivity contribution in [2.24, 2.45) is 5.92 Å². The maximum absolute atomic E-state index is 12.8.